The maximum absolute atomic E-state index is 13.0. The maximum atomic E-state index is 13.0. The van der Waals surface area contributed by atoms with Crippen LogP contribution in [-0.2, 0) is 6.18 Å². The fourth-order valence-electron chi connectivity index (χ4n) is 2.84. The minimum absolute atomic E-state index is 0.387. The number of hydrogen-bond acceptors (Lipinski definition) is 3. The Morgan fingerprint density at radius 2 is 1.67 bits per heavy atom. The van der Waals surface area contributed by atoms with Crippen LogP contribution in [0.1, 0.15) is 11.3 Å². The summed E-state index contributed by atoms with van der Waals surface area (Å²) >= 11 is 0. The number of para-hydroxylation sites is 1. The molecular formula is C20H15F3N4. The zero-order valence-electron chi connectivity index (χ0n) is 14.1. The molecule has 3 aromatic rings. The first-order valence-corrected chi connectivity index (χ1v) is 8.24. The Morgan fingerprint density at radius 1 is 0.889 bits per heavy atom. The molecule has 1 aliphatic rings. The van der Waals surface area contributed by atoms with Gasteiger partial charge in [-0.25, -0.2) is 4.68 Å². The van der Waals surface area contributed by atoms with Crippen molar-refractivity contribution < 1.29 is 13.2 Å². The summed E-state index contributed by atoms with van der Waals surface area (Å²) < 4.78 is 40.8. The molecule has 2 aromatic carbocycles. The van der Waals surface area contributed by atoms with Crippen molar-refractivity contribution in [3.05, 3.63) is 96.5 Å². The molecule has 2 heterocycles. The number of hydrogen-bond donors (Lipinski definition) is 1. The van der Waals surface area contributed by atoms with Crippen molar-refractivity contribution in [3.8, 4) is 5.69 Å². The van der Waals surface area contributed by atoms with Crippen molar-refractivity contribution >= 4 is 11.4 Å². The van der Waals surface area contributed by atoms with Gasteiger partial charge in [0, 0.05) is 6.20 Å². The third-order valence-electron chi connectivity index (χ3n) is 4.11. The highest BCUT2D eigenvalue weighted by atomic mass is 19.4. The van der Waals surface area contributed by atoms with Crippen LogP contribution >= 0.6 is 0 Å². The van der Waals surface area contributed by atoms with Gasteiger partial charge in [0.05, 0.1) is 34.5 Å². The molecule has 0 radical (unpaired) electrons. The molecule has 0 atom stereocenters. The van der Waals surface area contributed by atoms with E-state index in [0.717, 1.165) is 29.2 Å². The summed E-state index contributed by atoms with van der Waals surface area (Å²) in [5.41, 5.74) is 5.24. The second-order valence-electron chi connectivity index (χ2n) is 5.92. The Hall–Kier alpha value is -3.48. The van der Waals surface area contributed by atoms with E-state index in [1.54, 1.807) is 34.2 Å². The molecule has 0 fully saturated rings. The topological polar surface area (TPSA) is 33.1 Å². The van der Waals surface area contributed by atoms with Gasteiger partial charge in [0.15, 0.2) is 0 Å². The lowest BCUT2D eigenvalue weighted by Gasteiger charge is -2.27. The average molecular weight is 368 g/mol. The molecule has 0 spiro atoms. The van der Waals surface area contributed by atoms with Crippen molar-refractivity contribution in [1.29, 1.82) is 0 Å². The van der Waals surface area contributed by atoms with Gasteiger partial charge in [0.2, 0.25) is 0 Å². The number of hydrazine groups is 1. The monoisotopic (exact) mass is 368 g/mol. The Labute approximate surface area is 153 Å². The highest BCUT2D eigenvalue weighted by molar-refractivity contribution is 5.69. The largest absolute Gasteiger partial charge is 0.416 e. The predicted octanol–water partition coefficient (Wildman–Crippen LogP) is 4.77. The summed E-state index contributed by atoms with van der Waals surface area (Å²) in [7, 11) is 0. The number of aromatic nitrogens is 2. The van der Waals surface area contributed by atoms with Crippen LogP contribution in [0.15, 0.2) is 85.2 Å². The first kappa shape index (κ1) is 17.0. The first-order chi connectivity index (χ1) is 13.0. The fraction of sp³-hybridized carbons (Fsp3) is 0.0500. The lowest BCUT2D eigenvalue weighted by molar-refractivity contribution is -0.137. The van der Waals surface area contributed by atoms with Gasteiger partial charge in [-0.15, -0.1) is 0 Å². The summed E-state index contributed by atoms with van der Waals surface area (Å²) in [6, 6.07) is 16.6. The van der Waals surface area contributed by atoms with E-state index >= 15 is 0 Å². The maximum Gasteiger partial charge on any atom is 0.416 e. The van der Waals surface area contributed by atoms with E-state index < -0.39 is 11.7 Å². The molecule has 4 rings (SSSR count). The molecule has 0 aliphatic carbocycles. The molecule has 27 heavy (non-hydrogen) atoms. The van der Waals surface area contributed by atoms with Crippen LogP contribution in [0.25, 0.3) is 11.4 Å². The van der Waals surface area contributed by atoms with Crippen LogP contribution in [0.2, 0.25) is 0 Å². The van der Waals surface area contributed by atoms with Gasteiger partial charge in [-0.05, 0) is 48.6 Å². The van der Waals surface area contributed by atoms with Crippen LogP contribution in [0.4, 0.5) is 18.9 Å². The standard InChI is InChI=1S/C20H15F3N4/c21-20(22,23)15-6-4-9-17(14-15)26-13-5-10-18(25-26)19-11-12-24-27(19)16-7-2-1-3-8-16/h1-14,25H. The van der Waals surface area contributed by atoms with Gasteiger partial charge >= 0.3 is 6.18 Å². The quantitative estimate of drug-likeness (QED) is 0.723. The molecule has 1 N–H and O–H groups in total. The SMILES string of the molecule is FC(F)(F)c1cccc(N2C=CC=C(c3ccnn3-c3ccccc3)N2)c1. The summed E-state index contributed by atoms with van der Waals surface area (Å²) in [6.07, 6.45) is 2.58. The Morgan fingerprint density at radius 3 is 2.44 bits per heavy atom. The number of alkyl halides is 3. The molecule has 4 nitrogen and oxygen atoms in total. The first-order valence-electron chi connectivity index (χ1n) is 8.24. The van der Waals surface area contributed by atoms with E-state index in [9.17, 15) is 13.2 Å². The molecule has 0 amide bonds. The molecule has 0 saturated heterocycles. The smallest absolute Gasteiger partial charge is 0.292 e. The van der Waals surface area contributed by atoms with E-state index in [2.05, 4.69) is 10.5 Å². The van der Waals surface area contributed by atoms with Crippen molar-refractivity contribution in [1.82, 2.24) is 15.2 Å². The van der Waals surface area contributed by atoms with Gasteiger partial charge in [-0.3, -0.25) is 10.4 Å². The van der Waals surface area contributed by atoms with Gasteiger partial charge in [-0.1, -0.05) is 24.3 Å². The van der Waals surface area contributed by atoms with Gasteiger partial charge in [0.1, 0.15) is 0 Å². The molecular weight excluding hydrogens is 353 g/mol. The van der Waals surface area contributed by atoms with Crippen molar-refractivity contribution in [2.45, 2.75) is 6.18 Å². The molecule has 0 unspecified atom stereocenters. The van der Waals surface area contributed by atoms with Crippen LogP contribution < -0.4 is 10.4 Å². The summed E-state index contributed by atoms with van der Waals surface area (Å²) in [4.78, 5) is 0. The lowest BCUT2D eigenvalue weighted by atomic mass is 10.2. The number of anilines is 1. The Bertz CT molecular complexity index is 1000. The van der Waals surface area contributed by atoms with E-state index in [1.165, 1.54) is 6.07 Å². The van der Waals surface area contributed by atoms with Crippen molar-refractivity contribution in [2.24, 2.45) is 0 Å². The molecule has 1 aromatic heterocycles. The molecule has 7 heteroatoms. The number of halogens is 3. The van der Waals surface area contributed by atoms with Crippen LogP contribution in [0.5, 0.6) is 0 Å². The highest BCUT2D eigenvalue weighted by Crippen LogP contribution is 2.32. The van der Waals surface area contributed by atoms with Gasteiger partial charge in [0.25, 0.3) is 0 Å². The van der Waals surface area contributed by atoms with E-state index in [-0.39, 0.29) is 0 Å². The third kappa shape index (κ3) is 3.44. The van der Waals surface area contributed by atoms with Crippen LogP contribution in [0.3, 0.4) is 0 Å². The van der Waals surface area contributed by atoms with Crippen molar-refractivity contribution in [2.75, 3.05) is 5.01 Å². The highest BCUT2D eigenvalue weighted by Gasteiger charge is 2.31. The van der Waals surface area contributed by atoms with Gasteiger partial charge < -0.3 is 0 Å². The summed E-state index contributed by atoms with van der Waals surface area (Å²) in [5.74, 6) is 0. The number of rotatable bonds is 3. The summed E-state index contributed by atoms with van der Waals surface area (Å²) in [5, 5.41) is 5.90. The van der Waals surface area contributed by atoms with Crippen molar-refractivity contribution in [3.63, 3.8) is 0 Å². The third-order valence-corrected chi connectivity index (χ3v) is 4.11. The second kappa shape index (κ2) is 6.68. The molecule has 0 bridgehead atoms. The predicted molar refractivity (Wildman–Crippen MR) is 97.7 cm³/mol. The minimum atomic E-state index is -4.39. The van der Waals surface area contributed by atoms with E-state index in [4.69, 9.17) is 0 Å². The molecule has 136 valence electrons. The molecule has 0 saturated carbocycles. The summed E-state index contributed by atoms with van der Waals surface area (Å²) in [6.45, 7) is 0. The zero-order chi connectivity index (χ0) is 18.9. The number of nitrogens with one attached hydrogen (secondary N) is 1. The lowest BCUT2D eigenvalue weighted by Crippen LogP contribution is -2.34. The van der Waals surface area contributed by atoms with Crippen LogP contribution in [0, 0.1) is 0 Å². The number of allylic oxidation sites excluding steroid dienone is 2. The Balaban J connectivity index is 1.63. The van der Waals surface area contributed by atoms with Gasteiger partial charge in [-0.2, -0.15) is 18.3 Å². The molecule has 1 aliphatic heterocycles. The average Bonchev–Trinajstić information content (AvgIpc) is 3.18. The van der Waals surface area contributed by atoms with E-state index in [1.807, 2.05) is 42.5 Å². The fourth-order valence-corrected chi connectivity index (χ4v) is 2.84. The second-order valence-corrected chi connectivity index (χ2v) is 5.92. The number of benzene rings is 2. The minimum Gasteiger partial charge on any atom is -0.292 e. The normalized spacial score (nSPS) is 14.0. The number of nitrogens with zero attached hydrogens (tertiary/aromatic N) is 3. The van der Waals surface area contributed by atoms with Crippen LogP contribution in [-0.4, -0.2) is 9.78 Å². The Kier molecular flexibility index (Phi) is 4.19. The van der Waals surface area contributed by atoms with E-state index in [0.29, 0.717) is 5.69 Å². The zero-order valence-corrected chi connectivity index (χ0v) is 14.1.